The largest absolute Gasteiger partial charge is 0.573 e. The molecule has 2 heterocycles. The zero-order chi connectivity index (χ0) is 27.6. The fraction of sp³-hybridized carbons (Fsp3) is 0.148. The summed E-state index contributed by atoms with van der Waals surface area (Å²) in [6.07, 6.45) is -4.81. The van der Waals surface area contributed by atoms with Crippen LogP contribution in [-0.2, 0) is 5.75 Å². The Bertz CT molecular complexity index is 1630. The van der Waals surface area contributed by atoms with Crippen LogP contribution in [0.25, 0.3) is 16.5 Å². The average molecular weight is 551 g/mol. The number of ether oxygens (including phenoxy) is 1. The summed E-state index contributed by atoms with van der Waals surface area (Å²) in [6.45, 7) is 3.72. The average Bonchev–Trinajstić information content (AvgIpc) is 3.31. The summed E-state index contributed by atoms with van der Waals surface area (Å²) in [4.78, 5) is 22.3. The van der Waals surface area contributed by atoms with Gasteiger partial charge in [-0.15, -0.1) is 18.3 Å². The number of hydrogen-bond acceptors (Lipinski definition) is 7. The molecule has 0 spiro atoms. The Hall–Kier alpha value is -4.45. The number of aromatic nitrogens is 5. The molecule has 0 fully saturated rings. The topological polar surface area (TPSA) is 94.8 Å². The van der Waals surface area contributed by atoms with E-state index >= 15 is 0 Å². The molecule has 12 heteroatoms. The van der Waals surface area contributed by atoms with Crippen LogP contribution in [0, 0.1) is 13.8 Å². The number of aryl methyl sites for hydroxylation is 2. The first-order valence-corrected chi connectivity index (χ1v) is 12.7. The highest BCUT2D eigenvalue weighted by atomic mass is 32.2. The maximum Gasteiger partial charge on any atom is 0.573 e. The minimum absolute atomic E-state index is 0.0652. The second-order valence-electron chi connectivity index (χ2n) is 8.54. The van der Waals surface area contributed by atoms with Crippen LogP contribution < -0.4 is 10.1 Å². The van der Waals surface area contributed by atoms with Gasteiger partial charge in [-0.05, 0) is 55.6 Å². The van der Waals surface area contributed by atoms with Crippen molar-refractivity contribution in [1.82, 2.24) is 25.0 Å². The zero-order valence-electron chi connectivity index (χ0n) is 20.7. The fourth-order valence-electron chi connectivity index (χ4n) is 4.01. The first kappa shape index (κ1) is 26.2. The van der Waals surface area contributed by atoms with Gasteiger partial charge in [0.1, 0.15) is 5.75 Å². The Morgan fingerprint density at radius 2 is 1.67 bits per heavy atom. The summed E-state index contributed by atoms with van der Waals surface area (Å²) < 4.78 is 43.2. The summed E-state index contributed by atoms with van der Waals surface area (Å²) in [5.41, 5.74) is 3.09. The van der Waals surface area contributed by atoms with Crippen LogP contribution in [0.3, 0.4) is 0 Å². The Morgan fingerprint density at radius 3 is 2.38 bits per heavy atom. The van der Waals surface area contributed by atoms with Crippen LogP contribution in [0.2, 0.25) is 0 Å². The molecule has 8 nitrogen and oxygen atoms in total. The number of rotatable bonds is 7. The smallest absolute Gasteiger partial charge is 0.406 e. The second-order valence-corrected chi connectivity index (χ2v) is 9.48. The van der Waals surface area contributed by atoms with Crippen molar-refractivity contribution in [2.24, 2.45) is 0 Å². The van der Waals surface area contributed by atoms with E-state index in [1.807, 2.05) is 56.3 Å². The molecule has 0 bridgehead atoms. The Morgan fingerprint density at radius 1 is 0.974 bits per heavy atom. The number of halogens is 3. The first-order valence-electron chi connectivity index (χ1n) is 11.7. The molecular formula is C27H21F3N6O2S. The van der Waals surface area contributed by atoms with Crippen LogP contribution in [0.4, 0.5) is 18.9 Å². The molecule has 1 N–H and O–H groups in total. The third-order valence-electron chi connectivity index (χ3n) is 5.63. The van der Waals surface area contributed by atoms with Crippen molar-refractivity contribution in [3.8, 4) is 11.4 Å². The minimum Gasteiger partial charge on any atom is -0.406 e. The number of carbonyl (C=O) groups is 1. The first-order chi connectivity index (χ1) is 18.7. The molecule has 0 atom stereocenters. The van der Waals surface area contributed by atoms with Crippen molar-refractivity contribution in [3.05, 3.63) is 95.6 Å². The van der Waals surface area contributed by atoms with Crippen LogP contribution in [0.15, 0.2) is 78.0 Å². The molecule has 0 aliphatic heterocycles. The van der Waals surface area contributed by atoms with E-state index in [4.69, 9.17) is 0 Å². The van der Waals surface area contributed by atoms with Crippen LogP contribution in [0.5, 0.6) is 5.75 Å². The van der Waals surface area contributed by atoms with Gasteiger partial charge >= 0.3 is 6.36 Å². The SMILES string of the molecule is Cc1cc(C)nc(SCc2c(C(=O)Nc3cccc4ccccc34)nnn2-c2ccc(OC(F)(F)F)cc2)n1. The normalized spacial score (nSPS) is 11.5. The van der Waals surface area contributed by atoms with Gasteiger partial charge < -0.3 is 10.1 Å². The highest BCUT2D eigenvalue weighted by Crippen LogP contribution is 2.28. The van der Waals surface area contributed by atoms with E-state index in [-0.39, 0.29) is 17.2 Å². The van der Waals surface area contributed by atoms with E-state index in [1.165, 1.54) is 40.7 Å². The Balaban J connectivity index is 1.49. The van der Waals surface area contributed by atoms with Gasteiger partial charge in [0, 0.05) is 28.2 Å². The van der Waals surface area contributed by atoms with E-state index in [0.717, 1.165) is 22.2 Å². The standard InChI is InChI=1S/C27H21F3N6O2S/c1-16-14-17(2)32-26(31-16)39-15-23-24(25(37)33-22-9-5-7-18-6-3-4-8-21(18)22)34-35-36(23)19-10-12-20(13-11-19)38-27(28,29)30/h3-14H,15H2,1-2H3,(H,33,37). The number of nitrogens with one attached hydrogen (secondary N) is 1. The number of carbonyl (C=O) groups excluding carboxylic acids is 1. The van der Waals surface area contributed by atoms with Crippen molar-refractivity contribution in [3.63, 3.8) is 0 Å². The van der Waals surface area contributed by atoms with Gasteiger partial charge in [0.15, 0.2) is 10.9 Å². The number of nitrogens with zero attached hydrogens (tertiary/aromatic N) is 5. The summed E-state index contributed by atoms with van der Waals surface area (Å²) in [6, 6.07) is 20.2. The van der Waals surface area contributed by atoms with Crippen molar-refractivity contribution >= 4 is 34.1 Å². The number of benzene rings is 3. The molecular weight excluding hydrogens is 529 g/mol. The summed E-state index contributed by atoms with van der Waals surface area (Å²) >= 11 is 1.29. The molecule has 0 unspecified atom stereocenters. The van der Waals surface area contributed by atoms with Crippen molar-refractivity contribution in [1.29, 1.82) is 0 Å². The number of thioether (sulfide) groups is 1. The maximum atomic E-state index is 13.4. The Kier molecular flexibility index (Phi) is 7.20. The van der Waals surface area contributed by atoms with Gasteiger partial charge in [0.05, 0.1) is 11.4 Å². The third-order valence-corrected chi connectivity index (χ3v) is 6.49. The lowest BCUT2D eigenvalue weighted by Crippen LogP contribution is -2.17. The Labute approximate surface area is 225 Å². The van der Waals surface area contributed by atoms with Gasteiger partial charge in [-0.1, -0.05) is 53.4 Å². The van der Waals surface area contributed by atoms with Gasteiger partial charge in [-0.2, -0.15) is 0 Å². The van der Waals surface area contributed by atoms with Crippen molar-refractivity contribution in [2.75, 3.05) is 5.32 Å². The predicted octanol–water partition coefficient (Wildman–Crippen LogP) is 6.27. The highest BCUT2D eigenvalue weighted by Gasteiger charge is 2.31. The van der Waals surface area contributed by atoms with E-state index in [1.54, 1.807) is 6.07 Å². The van der Waals surface area contributed by atoms with E-state index in [9.17, 15) is 18.0 Å². The number of hydrogen-bond donors (Lipinski definition) is 1. The number of anilines is 1. The fourth-order valence-corrected chi connectivity index (χ4v) is 4.95. The van der Waals surface area contributed by atoms with Gasteiger partial charge in [-0.25, -0.2) is 14.6 Å². The number of alkyl halides is 3. The summed E-state index contributed by atoms with van der Waals surface area (Å²) in [7, 11) is 0. The third kappa shape index (κ3) is 6.17. The number of fused-ring (bicyclic) bond motifs is 1. The lowest BCUT2D eigenvalue weighted by atomic mass is 10.1. The van der Waals surface area contributed by atoms with E-state index in [2.05, 4.69) is 30.3 Å². The molecule has 0 saturated carbocycles. The minimum atomic E-state index is -4.81. The zero-order valence-corrected chi connectivity index (χ0v) is 21.5. The van der Waals surface area contributed by atoms with Crippen LogP contribution in [0.1, 0.15) is 27.6 Å². The second kappa shape index (κ2) is 10.7. The molecule has 0 aliphatic carbocycles. The van der Waals surface area contributed by atoms with Crippen molar-refractivity contribution in [2.45, 2.75) is 31.1 Å². The molecule has 1 amide bonds. The van der Waals surface area contributed by atoms with E-state index in [0.29, 0.717) is 22.2 Å². The lowest BCUT2D eigenvalue weighted by Gasteiger charge is -2.11. The molecule has 3 aromatic carbocycles. The van der Waals surface area contributed by atoms with Gasteiger partial charge in [-0.3, -0.25) is 4.79 Å². The summed E-state index contributed by atoms with van der Waals surface area (Å²) in [5.74, 6) is -0.638. The van der Waals surface area contributed by atoms with E-state index < -0.39 is 12.3 Å². The monoisotopic (exact) mass is 550 g/mol. The van der Waals surface area contributed by atoms with Crippen LogP contribution in [-0.4, -0.2) is 37.2 Å². The molecule has 2 aromatic heterocycles. The van der Waals surface area contributed by atoms with Crippen molar-refractivity contribution < 1.29 is 22.7 Å². The van der Waals surface area contributed by atoms with Crippen LogP contribution >= 0.6 is 11.8 Å². The summed E-state index contributed by atoms with van der Waals surface area (Å²) in [5, 5.41) is 13.5. The molecule has 5 rings (SSSR count). The molecule has 0 aliphatic rings. The molecule has 0 radical (unpaired) electrons. The van der Waals surface area contributed by atoms with Gasteiger partial charge in [0.25, 0.3) is 5.91 Å². The molecule has 39 heavy (non-hydrogen) atoms. The van der Waals surface area contributed by atoms with Gasteiger partial charge in [0.2, 0.25) is 0 Å². The molecule has 5 aromatic rings. The highest BCUT2D eigenvalue weighted by molar-refractivity contribution is 7.98. The molecule has 0 saturated heterocycles. The lowest BCUT2D eigenvalue weighted by molar-refractivity contribution is -0.274. The molecule has 198 valence electrons. The quantitative estimate of drug-likeness (QED) is 0.189. The maximum absolute atomic E-state index is 13.4. The predicted molar refractivity (Wildman–Crippen MR) is 141 cm³/mol. The number of amides is 1.